The van der Waals surface area contributed by atoms with E-state index in [0.29, 0.717) is 28.8 Å². The Bertz CT molecular complexity index is 940. The number of hydrogen-bond acceptors (Lipinski definition) is 5. The van der Waals surface area contributed by atoms with Gasteiger partial charge in [0.25, 0.3) is 0 Å². The molecule has 2 aromatic carbocycles. The van der Waals surface area contributed by atoms with Crippen LogP contribution in [0.2, 0.25) is 0 Å². The highest BCUT2D eigenvalue weighted by Crippen LogP contribution is 2.33. The molecule has 3 rings (SSSR count). The van der Waals surface area contributed by atoms with Crippen LogP contribution in [-0.2, 0) is 11.2 Å². The number of nitrogen functional groups attached to an aromatic ring is 1. The van der Waals surface area contributed by atoms with Gasteiger partial charge in [-0.3, -0.25) is 4.98 Å². The third-order valence-electron chi connectivity index (χ3n) is 3.95. The maximum absolute atomic E-state index is 13.0. The fraction of sp³-hybridized carbons (Fsp3) is 0.158. The smallest absolute Gasteiger partial charge is 0.341 e. The van der Waals surface area contributed by atoms with E-state index in [4.69, 9.17) is 15.2 Å². The van der Waals surface area contributed by atoms with Crippen LogP contribution < -0.4 is 10.5 Å². The molecule has 3 aromatic rings. The monoisotopic (exact) mass is 340 g/mol. The van der Waals surface area contributed by atoms with Crippen molar-refractivity contribution in [2.75, 3.05) is 20.0 Å². The molecule has 5 nitrogen and oxygen atoms in total. The van der Waals surface area contributed by atoms with Crippen LogP contribution in [0.5, 0.6) is 5.75 Å². The third-order valence-corrected chi connectivity index (χ3v) is 3.95. The summed E-state index contributed by atoms with van der Waals surface area (Å²) >= 11 is 0. The lowest BCUT2D eigenvalue weighted by molar-refractivity contribution is 0.0597. The molecule has 0 spiro atoms. The number of halogens is 1. The van der Waals surface area contributed by atoms with Gasteiger partial charge in [-0.15, -0.1) is 0 Å². The minimum absolute atomic E-state index is 0.230. The minimum Gasteiger partial charge on any atom is -0.494 e. The van der Waals surface area contributed by atoms with Crippen LogP contribution in [0.4, 0.5) is 10.1 Å². The second-order valence-corrected chi connectivity index (χ2v) is 5.58. The molecule has 0 fully saturated rings. The molecule has 0 saturated carbocycles. The Kier molecular flexibility index (Phi) is 4.52. The number of pyridine rings is 1. The Morgan fingerprint density at radius 1 is 1.16 bits per heavy atom. The number of carbonyl (C=O) groups is 1. The molecular formula is C19H17FN2O3. The van der Waals surface area contributed by atoms with Crippen molar-refractivity contribution in [2.24, 2.45) is 0 Å². The predicted octanol–water partition coefficient (Wildman–Crippen LogP) is 3.34. The lowest BCUT2D eigenvalue weighted by atomic mass is 10.0. The van der Waals surface area contributed by atoms with Gasteiger partial charge in [-0.25, -0.2) is 9.18 Å². The van der Waals surface area contributed by atoms with Crippen molar-refractivity contribution in [3.8, 4) is 5.75 Å². The normalized spacial score (nSPS) is 10.7. The molecule has 0 bridgehead atoms. The third kappa shape index (κ3) is 3.24. The molecule has 0 aliphatic rings. The van der Waals surface area contributed by atoms with E-state index in [1.807, 2.05) is 6.07 Å². The fourth-order valence-electron chi connectivity index (χ4n) is 2.74. The van der Waals surface area contributed by atoms with Gasteiger partial charge in [-0.05, 0) is 41.8 Å². The number of nitrogens with two attached hydrogens (primary N) is 1. The molecular weight excluding hydrogens is 323 g/mol. The lowest BCUT2D eigenvalue weighted by Gasteiger charge is -2.13. The highest BCUT2D eigenvalue weighted by molar-refractivity contribution is 6.04. The molecule has 25 heavy (non-hydrogen) atoms. The largest absolute Gasteiger partial charge is 0.494 e. The van der Waals surface area contributed by atoms with Gasteiger partial charge in [-0.2, -0.15) is 0 Å². The van der Waals surface area contributed by atoms with E-state index in [1.165, 1.54) is 32.4 Å². The van der Waals surface area contributed by atoms with Gasteiger partial charge in [0.05, 0.1) is 14.2 Å². The number of rotatable bonds is 4. The number of ether oxygens (including phenoxy) is 2. The molecule has 0 saturated heterocycles. The number of hydrogen-bond donors (Lipinski definition) is 1. The van der Waals surface area contributed by atoms with Crippen LogP contribution in [0.3, 0.4) is 0 Å². The van der Waals surface area contributed by atoms with Crippen molar-refractivity contribution in [3.63, 3.8) is 0 Å². The first-order valence-corrected chi connectivity index (χ1v) is 7.61. The summed E-state index contributed by atoms with van der Waals surface area (Å²) in [5, 5.41) is 0.684. The van der Waals surface area contributed by atoms with E-state index >= 15 is 0 Å². The first-order valence-electron chi connectivity index (χ1n) is 7.61. The maximum Gasteiger partial charge on any atom is 0.341 e. The lowest BCUT2D eigenvalue weighted by Crippen LogP contribution is -2.07. The van der Waals surface area contributed by atoms with Crippen molar-refractivity contribution in [3.05, 3.63) is 65.1 Å². The quantitative estimate of drug-likeness (QED) is 0.582. The van der Waals surface area contributed by atoms with Crippen molar-refractivity contribution in [1.29, 1.82) is 0 Å². The fourth-order valence-corrected chi connectivity index (χ4v) is 2.74. The molecule has 0 unspecified atom stereocenters. The summed E-state index contributed by atoms with van der Waals surface area (Å²) in [5.74, 6) is -0.489. The summed E-state index contributed by atoms with van der Waals surface area (Å²) in [5.41, 5.74) is 9.10. The molecule has 2 N–H and O–H groups in total. The standard InChI is InChI=1S/C19H17FN2O3/c1-24-18-15(19(23)25-2)9-16(21)14-8-12(10-22-17(14)18)7-11-3-5-13(20)6-4-11/h3-6,8-10H,7,21H2,1-2H3. The summed E-state index contributed by atoms with van der Waals surface area (Å²) in [6.45, 7) is 0. The predicted molar refractivity (Wildman–Crippen MR) is 93.3 cm³/mol. The molecule has 128 valence electrons. The number of benzene rings is 2. The minimum atomic E-state index is -0.539. The average Bonchev–Trinajstić information content (AvgIpc) is 2.63. The van der Waals surface area contributed by atoms with E-state index < -0.39 is 5.97 Å². The number of methoxy groups -OCH3 is 2. The zero-order chi connectivity index (χ0) is 18.0. The summed E-state index contributed by atoms with van der Waals surface area (Å²) in [4.78, 5) is 16.3. The van der Waals surface area contributed by atoms with Gasteiger partial charge in [0, 0.05) is 17.3 Å². The highest BCUT2D eigenvalue weighted by atomic mass is 19.1. The van der Waals surface area contributed by atoms with Gasteiger partial charge in [0.1, 0.15) is 16.9 Å². The zero-order valence-corrected chi connectivity index (χ0v) is 13.9. The SMILES string of the molecule is COC(=O)c1cc(N)c2cc(Cc3ccc(F)cc3)cnc2c1OC. The van der Waals surface area contributed by atoms with Crippen molar-refractivity contribution < 1.29 is 18.7 Å². The summed E-state index contributed by atoms with van der Waals surface area (Å²) in [7, 11) is 2.76. The molecule has 0 atom stereocenters. The van der Waals surface area contributed by atoms with E-state index in [1.54, 1.807) is 18.3 Å². The van der Waals surface area contributed by atoms with Gasteiger partial charge in [0.15, 0.2) is 5.75 Å². The van der Waals surface area contributed by atoms with Crippen LogP contribution >= 0.6 is 0 Å². The maximum atomic E-state index is 13.0. The Morgan fingerprint density at radius 2 is 1.88 bits per heavy atom. The molecule has 0 radical (unpaired) electrons. The van der Waals surface area contributed by atoms with E-state index in [9.17, 15) is 9.18 Å². The summed E-state index contributed by atoms with van der Waals surface area (Å²) < 4.78 is 23.1. The summed E-state index contributed by atoms with van der Waals surface area (Å²) in [6, 6.07) is 9.71. The Labute approximate surface area is 144 Å². The van der Waals surface area contributed by atoms with E-state index in [2.05, 4.69) is 4.98 Å². The topological polar surface area (TPSA) is 74.4 Å². The molecule has 0 aliphatic heterocycles. The Hall–Kier alpha value is -3.15. The van der Waals surface area contributed by atoms with Crippen LogP contribution in [0, 0.1) is 5.82 Å². The second kappa shape index (κ2) is 6.76. The average molecular weight is 340 g/mol. The number of nitrogens with zero attached hydrogens (tertiary/aromatic N) is 1. The van der Waals surface area contributed by atoms with Crippen LogP contribution in [0.15, 0.2) is 42.6 Å². The van der Waals surface area contributed by atoms with Crippen LogP contribution in [0.1, 0.15) is 21.5 Å². The second-order valence-electron chi connectivity index (χ2n) is 5.58. The number of aromatic nitrogens is 1. The van der Waals surface area contributed by atoms with Crippen LogP contribution in [-0.4, -0.2) is 25.2 Å². The molecule has 0 aliphatic carbocycles. The van der Waals surface area contributed by atoms with Crippen LogP contribution in [0.25, 0.3) is 10.9 Å². The van der Waals surface area contributed by atoms with Gasteiger partial charge >= 0.3 is 5.97 Å². The zero-order valence-electron chi connectivity index (χ0n) is 13.9. The Balaban J connectivity index is 2.07. The van der Waals surface area contributed by atoms with Gasteiger partial charge in [0.2, 0.25) is 0 Å². The molecule has 1 aromatic heterocycles. The summed E-state index contributed by atoms with van der Waals surface area (Å²) in [6.07, 6.45) is 2.28. The van der Waals surface area contributed by atoms with Crippen molar-refractivity contribution in [1.82, 2.24) is 4.98 Å². The number of esters is 1. The Morgan fingerprint density at radius 3 is 2.52 bits per heavy atom. The van der Waals surface area contributed by atoms with Gasteiger partial charge < -0.3 is 15.2 Å². The van der Waals surface area contributed by atoms with Crippen molar-refractivity contribution in [2.45, 2.75) is 6.42 Å². The van der Waals surface area contributed by atoms with Gasteiger partial charge in [-0.1, -0.05) is 12.1 Å². The van der Waals surface area contributed by atoms with Crippen molar-refractivity contribution >= 4 is 22.6 Å². The first-order chi connectivity index (χ1) is 12.0. The molecule has 6 heteroatoms. The highest BCUT2D eigenvalue weighted by Gasteiger charge is 2.19. The number of anilines is 1. The molecule has 1 heterocycles. The van der Waals surface area contributed by atoms with E-state index in [0.717, 1.165) is 11.1 Å². The molecule has 0 amide bonds. The first kappa shape index (κ1) is 16.7. The number of fused-ring (bicyclic) bond motifs is 1. The number of carbonyl (C=O) groups excluding carboxylic acids is 1. The van der Waals surface area contributed by atoms with E-state index in [-0.39, 0.29) is 11.4 Å².